The maximum absolute atomic E-state index is 12.9. The molecular formula is C15H13FN2O2. The number of amides is 2. The van der Waals surface area contributed by atoms with Gasteiger partial charge >= 0.3 is 6.03 Å². The summed E-state index contributed by atoms with van der Waals surface area (Å²) in [6.07, 6.45) is 2.96. The van der Waals surface area contributed by atoms with E-state index in [-0.39, 0.29) is 11.6 Å². The highest BCUT2D eigenvalue weighted by Crippen LogP contribution is 2.21. The van der Waals surface area contributed by atoms with Crippen LogP contribution in [0.15, 0.2) is 54.7 Å². The van der Waals surface area contributed by atoms with Crippen molar-refractivity contribution in [3.63, 3.8) is 0 Å². The van der Waals surface area contributed by atoms with Crippen LogP contribution >= 0.6 is 0 Å². The Kier molecular flexibility index (Phi) is 4.34. The minimum atomic E-state index is -0.501. The average Bonchev–Trinajstić information content (AvgIpc) is 2.41. The Labute approximate surface area is 115 Å². The van der Waals surface area contributed by atoms with E-state index in [2.05, 4.69) is 10.6 Å². The van der Waals surface area contributed by atoms with Gasteiger partial charge in [0.05, 0.1) is 5.69 Å². The maximum Gasteiger partial charge on any atom is 0.323 e. The summed E-state index contributed by atoms with van der Waals surface area (Å²) in [5.41, 5.74) is 0.942. The summed E-state index contributed by atoms with van der Waals surface area (Å²) in [6.45, 7) is 0. The Balaban J connectivity index is 1.91. The highest BCUT2D eigenvalue weighted by atomic mass is 19.1. The van der Waals surface area contributed by atoms with E-state index < -0.39 is 6.03 Å². The molecule has 0 bridgehead atoms. The molecule has 0 fully saturated rings. The van der Waals surface area contributed by atoms with Crippen LogP contribution in [-0.4, -0.2) is 11.1 Å². The standard InChI is InChI=1S/C15H13FN2O2/c16-12-5-3-4-11(10-12)8-9-17-15(20)18-13-6-1-2-7-14(13)19/h1-10,19H,(H2,17,18,20)/b9-8+. The number of carbonyl (C=O) groups excluding carboxylic acids is 1. The Bertz CT molecular complexity index is 641. The zero-order chi connectivity index (χ0) is 14.4. The Morgan fingerprint density at radius 3 is 2.70 bits per heavy atom. The summed E-state index contributed by atoms with van der Waals surface area (Å²) in [5.74, 6) is -0.359. The van der Waals surface area contributed by atoms with Gasteiger partial charge in [-0.1, -0.05) is 24.3 Å². The highest BCUT2D eigenvalue weighted by Gasteiger charge is 2.02. The summed E-state index contributed by atoms with van der Waals surface area (Å²) in [6, 6.07) is 11.9. The summed E-state index contributed by atoms with van der Waals surface area (Å²) in [7, 11) is 0. The average molecular weight is 272 g/mol. The molecule has 2 aromatic rings. The highest BCUT2D eigenvalue weighted by molar-refractivity contribution is 5.91. The van der Waals surface area contributed by atoms with Crippen molar-refractivity contribution in [2.75, 3.05) is 5.32 Å². The lowest BCUT2D eigenvalue weighted by atomic mass is 10.2. The number of phenolic OH excluding ortho intramolecular Hbond substituents is 1. The minimum Gasteiger partial charge on any atom is -0.506 e. The number of hydrogen-bond acceptors (Lipinski definition) is 2. The molecule has 0 unspecified atom stereocenters. The van der Waals surface area contributed by atoms with Gasteiger partial charge in [-0.3, -0.25) is 0 Å². The van der Waals surface area contributed by atoms with E-state index >= 15 is 0 Å². The van der Waals surface area contributed by atoms with Gasteiger partial charge in [0.2, 0.25) is 0 Å². The molecule has 0 aliphatic rings. The molecule has 4 nitrogen and oxygen atoms in total. The number of anilines is 1. The van der Waals surface area contributed by atoms with Crippen molar-refractivity contribution in [3.05, 3.63) is 66.1 Å². The lowest BCUT2D eigenvalue weighted by molar-refractivity contribution is 0.255. The third-order valence-electron chi connectivity index (χ3n) is 2.49. The van der Waals surface area contributed by atoms with Crippen LogP contribution in [0.3, 0.4) is 0 Å². The van der Waals surface area contributed by atoms with Gasteiger partial charge < -0.3 is 15.7 Å². The molecule has 0 spiro atoms. The number of phenols is 1. The molecule has 0 radical (unpaired) electrons. The van der Waals surface area contributed by atoms with E-state index in [1.54, 1.807) is 36.4 Å². The minimum absolute atomic E-state index is 0.0169. The molecule has 5 heteroatoms. The molecule has 0 aromatic heterocycles. The fourth-order valence-corrected chi connectivity index (χ4v) is 1.56. The van der Waals surface area contributed by atoms with Gasteiger partial charge in [0, 0.05) is 6.20 Å². The topological polar surface area (TPSA) is 61.4 Å². The number of halogens is 1. The predicted molar refractivity (Wildman–Crippen MR) is 75.7 cm³/mol. The van der Waals surface area contributed by atoms with Gasteiger partial charge in [-0.25, -0.2) is 9.18 Å². The molecule has 0 aliphatic heterocycles. The van der Waals surface area contributed by atoms with Crippen molar-refractivity contribution in [2.24, 2.45) is 0 Å². The van der Waals surface area contributed by atoms with Gasteiger partial charge in [0.15, 0.2) is 0 Å². The zero-order valence-corrected chi connectivity index (χ0v) is 10.5. The number of aromatic hydroxyl groups is 1. The van der Waals surface area contributed by atoms with Crippen molar-refractivity contribution in [1.29, 1.82) is 0 Å². The number of para-hydroxylation sites is 2. The fraction of sp³-hybridized carbons (Fsp3) is 0. The number of hydrogen-bond donors (Lipinski definition) is 3. The molecule has 0 atom stereocenters. The van der Waals surface area contributed by atoms with Gasteiger partial charge in [0.1, 0.15) is 11.6 Å². The molecule has 0 heterocycles. The van der Waals surface area contributed by atoms with E-state index in [1.807, 2.05) is 0 Å². The molecule has 0 saturated carbocycles. The van der Waals surface area contributed by atoms with Gasteiger partial charge in [-0.2, -0.15) is 0 Å². The Morgan fingerprint density at radius 1 is 1.15 bits per heavy atom. The van der Waals surface area contributed by atoms with Crippen LogP contribution in [0.1, 0.15) is 5.56 Å². The Hall–Kier alpha value is -2.82. The molecule has 2 amide bonds. The first-order valence-electron chi connectivity index (χ1n) is 5.93. The molecule has 2 rings (SSSR count). The van der Waals surface area contributed by atoms with E-state index in [9.17, 15) is 14.3 Å². The van der Waals surface area contributed by atoms with Crippen molar-refractivity contribution in [1.82, 2.24) is 5.32 Å². The molecule has 0 saturated heterocycles. The summed E-state index contributed by atoms with van der Waals surface area (Å²) in [5, 5.41) is 14.4. The maximum atomic E-state index is 12.9. The van der Waals surface area contributed by atoms with E-state index in [1.165, 1.54) is 24.4 Å². The first kappa shape index (κ1) is 13.6. The van der Waals surface area contributed by atoms with Crippen molar-refractivity contribution < 1.29 is 14.3 Å². The molecule has 0 aliphatic carbocycles. The zero-order valence-electron chi connectivity index (χ0n) is 10.5. The van der Waals surface area contributed by atoms with Crippen LogP contribution in [0.25, 0.3) is 6.08 Å². The van der Waals surface area contributed by atoms with Crippen molar-refractivity contribution in [3.8, 4) is 5.75 Å². The van der Waals surface area contributed by atoms with E-state index in [0.717, 1.165) is 0 Å². The fourth-order valence-electron chi connectivity index (χ4n) is 1.56. The largest absolute Gasteiger partial charge is 0.506 e. The van der Waals surface area contributed by atoms with Gasteiger partial charge in [-0.15, -0.1) is 0 Å². The quantitative estimate of drug-likeness (QED) is 0.750. The van der Waals surface area contributed by atoms with Crippen LogP contribution in [0.2, 0.25) is 0 Å². The van der Waals surface area contributed by atoms with E-state index in [0.29, 0.717) is 11.3 Å². The third kappa shape index (κ3) is 3.84. The van der Waals surface area contributed by atoms with Gasteiger partial charge in [-0.05, 0) is 35.9 Å². The number of urea groups is 1. The monoisotopic (exact) mass is 272 g/mol. The molecule has 3 N–H and O–H groups in total. The second-order valence-electron chi connectivity index (χ2n) is 4.00. The molecule has 102 valence electrons. The summed E-state index contributed by atoms with van der Waals surface area (Å²) < 4.78 is 12.9. The normalized spacial score (nSPS) is 10.4. The first-order chi connectivity index (χ1) is 9.65. The third-order valence-corrected chi connectivity index (χ3v) is 2.49. The van der Waals surface area contributed by atoms with Crippen LogP contribution in [0, 0.1) is 5.82 Å². The lowest BCUT2D eigenvalue weighted by Gasteiger charge is -2.06. The van der Waals surface area contributed by atoms with Crippen molar-refractivity contribution >= 4 is 17.8 Å². The molecule has 20 heavy (non-hydrogen) atoms. The second-order valence-corrected chi connectivity index (χ2v) is 4.00. The summed E-state index contributed by atoms with van der Waals surface area (Å²) in [4.78, 5) is 11.6. The smallest absolute Gasteiger partial charge is 0.323 e. The second kappa shape index (κ2) is 6.38. The van der Waals surface area contributed by atoms with E-state index in [4.69, 9.17) is 0 Å². The molecule has 2 aromatic carbocycles. The molecular weight excluding hydrogens is 259 g/mol. The number of benzene rings is 2. The lowest BCUT2D eigenvalue weighted by Crippen LogP contribution is -2.23. The van der Waals surface area contributed by atoms with Crippen LogP contribution in [0.4, 0.5) is 14.9 Å². The first-order valence-corrected chi connectivity index (χ1v) is 5.93. The van der Waals surface area contributed by atoms with Crippen molar-refractivity contribution in [2.45, 2.75) is 0 Å². The SMILES string of the molecule is O=C(N/C=C/c1cccc(F)c1)Nc1ccccc1O. The Morgan fingerprint density at radius 2 is 1.95 bits per heavy atom. The number of rotatable bonds is 3. The van der Waals surface area contributed by atoms with Crippen LogP contribution in [0.5, 0.6) is 5.75 Å². The van der Waals surface area contributed by atoms with Crippen LogP contribution < -0.4 is 10.6 Å². The number of carbonyl (C=O) groups is 1. The summed E-state index contributed by atoms with van der Waals surface area (Å²) >= 11 is 0. The predicted octanol–water partition coefficient (Wildman–Crippen LogP) is 3.32. The van der Waals surface area contributed by atoms with Gasteiger partial charge in [0.25, 0.3) is 0 Å². The van der Waals surface area contributed by atoms with Crippen LogP contribution in [-0.2, 0) is 0 Å². The number of nitrogens with one attached hydrogen (secondary N) is 2.